The Kier molecular flexibility index (Phi) is 4.74. The molecule has 0 aliphatic heterocycles. The lowest BCUT2D eigenvalue weighted by Crippen LogP contribution is -2.36. The fraction of sp³-hybridized carbons (Fsp3) is 0.455. The number of nitrogens with one attached hydrogen (secondary N) is 1. The number of carbonyl (C=O) groups excluding carboxylic acids is 1. The largest absolute Gasteiger partial charge is 0.397 e. The summed E-state index contributed by atoms with van der Waals surface area (Å²) in [7, 11) is 1.62. The van der Waals surface area contributed by atoms with Crippen molar-refractivity contribution in [1.82, 2.24) is 10.3 Å². The second kappa shape index (κ2) is 5.86. The molecule has 0 unspecified atom stereocenters. The lowest BCUT2D eigenvalue weighted by atomic mass is 10.2. The van der Waals surface area contributed by atoms with Crippen LogP contribution >= 0.6 is 15.9 Å². The molecule has 1 aromatic heterocycles. The number of aromatic nitrogens is 1. The molecule has 0 atom stereocenters. The Balaban J connectivity index is 3.04. The number of likely N-dealkylation sites (N-methyl/N-ethyl adjacent to an activating group) is 2. The monoisotopic (exact) mass is 300 g/mol. The van der Waals surface area contributed by atoms with E-state index >= 15 is 0 Å². The Morgan fingerprint density at radius 3 is 2.82 bits per heavy atom. The second-order valence-electron chi connectivity index (χ2n) is 3.66. The highest BCUT2D eigenvalue weighted by molar-refractivity contribution is 9.10. The van der Waals surface area contributed by atoms with Crippen LogP contribution < -0.4 is 16.0 Å². The summed E-state index contributed by atoms with van der Waals surface area (Å²) in [5.74, 6) is 0.692. The molecule has 3 N–H and O–H groups in total. The quantitative estimate of drug-likeness (QED) is 0.879. The molecule has 0 bridgehead atoms. The lowest BCUT2D eigenvalue weighted by Gasteiger charge is -2.23. The van der Waals surface area contributed by atoms with Gasteiger partial charge in [-0.15, -0.1) is 0 Å². The van der Waals surface area contributed by atoms with Crippen LogP contribution in [0.5, 0.6) is 0 Å². The van der Waals surface area contributed by atoms with Gasteiger partial charge in [-0.2, -0.15) is 0 Å². The third kappa shape index (κ3) is 3.09. The molecular formula is C11H17BrN4O. The fourth-order valence-electron chi connectivity index (χ4n) is 1.39. The van der Waals surface area contributed by atoms with Crippen molar-refractivity contribution in [3.8, 4) is 0 Å². The first kappa shape index (κ1) is 13.8. The molecule has 0 radical (unpaired) electrons. The summed E-state index contributed by atoms with van der Waals surface area (Å²) in [6.07, 6.45) is 1.61. The van der Waals surface area contributed by atoms with E-state index in [-0.39, 0.29) is 12.5 Å². The number of hydrogen-bond donors (Lipinski definition) is 2. The molecule has 0 fully saturated rings. The van der Waals surface area contributed by atoms with Crippen molar-refractivity contribution in [2.24, 2.45) is 0 Å². The van der Waals surface area contributed by atoms with Crippen LogP contribution in [0.2, 0.25) is 0 Å². The highest BCUT2D eigenvalue weighted by Crippen LogP contribution is 2.30. The average molecular weight is 301 g/mol. The minimum Gasteiger partial charge on any atom is -0.397 e. The molecule has 1 rings (SSSR count). The number of rotatable bonds is 4. The molecule has 1 amide bonds. The number of carbonyl (C=O) groups is 1. The zero-order valence-corrected chi connectivity index (χ0v) is 11.8. The maximum atomic E-state index is 11.4. The van der Waals surface area contributed by atoms with Gasteiger partial charge in [-0.25, -0.2) is 4.98 Å². The predicted octanol–water partition coefficient (Wildman–Crippen LogP) is 1.31. The molecular weight excluding hydrogens is 284 g/mol. The smallest absolute Gasteiger partial charge is 0.239 e. The summed E-state index contributed by atoms with van der Waals surface area (Å²) in [4.78, 5) is 17.6. The van der Waals surface area contributed by atoms with Crippen LogP contribution in [0, 0.1) is 6.92 Å². The number of halogens is 1. The van der Waals surface area contributed by atoms with Crippen molar-refractivity contribution in [3.05, 3.63) is 16.2 Å². The van der Waals surface area contributed by atoms with Crippen molar-refractivity contribution in [3.63, 3.8) is 0 Å². The summed E-state index contributed by atoms with van der Waals surface area (Å²) < 4.78 is 0.836. The first-order valence-corrected chi connectivity index (χ1v) is 6.16. The molecule has 0 saturated heterocycles. The average Bonchev–Trinajstić information content (AvgIpc) is 2.33. The summed E-state index contributed by atoms with van der Waals surface area (Å²) in [5, 5.41) is 2.60. The van der Waals surface area contributed by atoms with Gasteiger partial charge in [-0.05, 0) is 35.3 Å². The highest BCUT2D eigenvalue weighted by Gasteiger charge is 2.15. The molecule has 94 valence electrons. The maximum absolute atomic E-state index is 11.4. The molecule has 0 aromatic carbocycles. The summed E-state index contributed by atoms with van der Waals surface area (Å²) in [5.41, 5.74) is 7.34. The normalized spacial score (nSPS) is 10.1. The summed E-state index contributed by atoms with van der Waals surface area (Å²) in [6.45, 7) is 4.87. The van der Waals surface area contributed by atoms with E-state index in [4.69, 9.17) is 5.73 Å². The van der Waals surface area contributed by atoms with Crippen molar-refractivity contribution in [1.29, 1.82) is 0 Å². The van der Waals surface area contributed by atoms with Crippen LogP contribution in [0.1, 0.15) is 12.5 Å². The van der Waals surface area contributed by atoms with Gasteiger partial charge >= 0.3 is 0 Å². The first-order chi connectivity index (χ1) is 8.01. The van der Waals surface area contributed by atoms with E-state index in [9.17, 15) is 4.79 Å². The Morgan fingerprint density at radius 1 is 1.65 bits per heavy atom. The molecule has 1 aromatic rings. The van der Waals surface area contributed by atoms with Crippen LogP contribution in [-0.2, 0) is 4.79 Å². The Bertz CT molecular complexity index is 422. The molecule has 0 spiro atoms. The van der Waals surface area contributed by atoms with Gasteiger partial charge in [0.25, 0.3) is 0 Å². The molecule has 0 saturated carbocycles. The van der Waals surface area contributed by atoms with E-state index in [0.29, 0.717) is 12.2 Å². The third-order valence-corrected chi connectivity index (χ3v) is 3.53. The summed E-state index contributed by atoms with van der Waals surface area (Å²) >= 11 is 3.47. The molecule has 6 heteroatoms. The van der Waals surface area contributed by atoms with E-state index in [0.717, 1.165) is 15.9 Å². The third-order valence-electron chi connectivity index (χ3n) is 2.58. The van der Waals surface area contributed by atoms with Gasteiger partial charge in [0.05, 0.1) is 22.9 Å². The molecule has 5 nitrogen and oxygen atoms in total. The van der Waals surface area contributed by atoms with Crippen LogP contribution in [-0.4, -0.2) is 31.0 Å². The van der Waals surface area contributed by atoms with Gasteiger partial charge in [0, 0.05) is 13.6 Å². The molecule has 0 aliphatic carbocycles. The van der Waals surface area contributed by atoms with E-state index in [1.54, 1.807) is 13.2 Å². The molecule has 1 heterocycles. The fourth-order valence-corrected chi connectivity index (χ4v) is 1.97. The SMILES string of the molecule is CCN(CC(=O)NC)c1ncc(N)c(C)c1Br. The predicted molar refractivity (Wildman–Crippen MR) is 73.0 cm³/mol. The highest BCUT2D eigenvalue weighted by atomic mass is 79.9. The van der Waals surface area contributed by atoms with Gasteiger partial charge < -0.3 is 16.0 Å². The Hall–Kier alpha value is -1.30. The van der Waals surface area contributed by atoms with Crippen LogP contribution in [0.15, 0.2) is 10.7 Å². The van der Waals surface area contributed by atoms with Gasteiger partial charge in [0.15, 0.2) is 0 Å². The molecule has 0 aliphatic rings. The molecule has 17 heavy (non-hydrogen) atoms. The second-order valence-corrected chi connectivity index (χ2v) is 4.46. The van der Waals surface area contributed by atoms with E-state index in [2.05, 4.69) is 26.2 Å². The van der Waals surface area contributed by atoms with E-state index in [1.807, 2.05) is 18.7 Å². The number of anilines is 2. The van der Waals surface area contributed by atoms with Crippen molar-refractivity contribution >= 4 is 33.3 Å². The number of nitrogens with zero attached hydrogens (tertiary/aromatic N) is 2. The minimum absolute atomic E-state index is 0.0463. The van der Waals surface area contributed by atoms with Gasteiger partial charge in [-0.3, -0.25) is 4.79 Å². The number of nitrogens with two attached hydrogens (primary N) is 1. The lowest BCUT2D eigenvalue weighted by molar-refractivity contribution is -0.119. The zero-order valence-electron chi connectivity index (χ0n) is 10.2. The van der Waals surface area contributed by atoms with Gasteiger partial charge in [-0.1, -0.05) is 0 Å². The van der Waals surface area contributed by atoms with E-state index in [1.165, 1.54) is 0 Å². The van der Waals surface area contributed by atoms with Gasteiger partial charge in [0.2, 0.25) is 5.91 Å². The topological polar surface area (TPSA) is 71.2 Å². The van der Waals surface area contributed by atoms with Crippen molar-refractivity contribution < 1.29 is 4.79 Å². The number of nitrogen functional groups attached to an aromatic ring is 1. The number of amides is 1. The summed E-state index contributed by atoms with van der Waals surface area (Å²) in [6, 6.07) is 0. The first-order valence-electron chi connectivity index (χ1n) is 5.37. The van der Waals surface area contributed by atoms with Crippen LogP contribution in [0.4, 0.5) is 11.5 Å². The standard InChI is InChI=1S/C11H17BrN4O/c1-4-16(6-9(17)14-3)11-10(12)7(2)8(13)5-15-11/h5H,4,6,13H2,1-3H3,(H,14,17). The maximum Gasteiger partial charge on any atom is 0.239 e. The number of pyridine rings is 1. The van der Waals surface area contributed by atoms with Gasteiger partial charge in [0.1, 0.15) is 5.82 Å². The minimum atomic E-state index is -0.0463. The van der Waals surface area contributed by atoms with Crippen molar-refractivity contribution in [2.75, 3.05) is 30.8 Å². The van der Waals surface area contributed by atoms with Crippen LogP contribution in [0.25, 0.3) is 0 Å². The number of hydrogen-bond acceptors (Lipinski definition) is 4. The van der Waals surface area contributed by atoms with Crippen molar-refractivity contribution in [2.45, 2.75) is 13.8 Å². The van der Waals surface area contributed by atoms with E-state index < -0.39 is 0 Å². The Morgan fingerprint density at radius 2 is 2.29 bits per heavy atom. The van der Waals surface area contributed by atoms with Crippen LogP contribution in [0.3, 0.4) is 0 Å². The zero-order chi connectivity index (χ0) is 13.0. The Labute approximate surface area is 110 Å².